The van der Waals surface area contributed by atoms with Gasteiger partial charge >= 0.3 is 0 Å². The molecule has 2 heterocycles. The van der Waals surface area contributed by atoms with Crippen molar-refractivity contribution in [2.75, 3.05) is 43.9 Å². The summed E-state index contributed by atoms with van der Waals surface area (Å²) in [7, 11) is 2.16. The van der Waals surface area contributed by atoms with Gasteiger partial charge in [-0.15, -0.1) is 0 Å². The summed E-state index contributed by atoms with van der Waals surface area (Å²) in [6, 6.07) is 10.3. The Hall–Kier alpha value is -1.59. The predicted molar refractivity (Wildman–Crippen MR) is 81.7 cm³/mol. The summed E-state index contributed by atoms with van der Waals surface area (Å²) in [6.07, 6.45) is 0. The number of aromatic nitrogens is 1. The normalized spacial score (nSPS) is 16.8. The highest BCUT2D eigenvalue weighted by atomic mass is 32.1. The van der Waals surface area contributed by atoms with Gasteiger partial charge in [-0.05, 0) is 24.1 Å². The fourth-order valence-electron chi connectivity index (χ4n) is 2.39. The Labute approximate surface area is 117 Å². The van der Waals surface area contributed by atoms with E-state index >= 15 is 0 Å². The number of nitrogens with zero attached hydrogens (tertiary/aromatic N) is 3. The van der Waals surface area contributed by atoms with E-state index in [0.717, 1.165) is 37.3 Å². The van der Waals surface area contributed by atoms with E-state index in [9.17, 15) is 0 Å². The third-order valence-corrected chi connectivity index (χ3v) is 4.48. The number of rotatable bonds is 2. The van der Waals surface area contributed by atoms with E-state index in [1.807, 2.05) is 18.2 Å². The minimum atomic E-state index is 0.644. The van der Waals surface area contributed by atoms with Crippen LogP contribution in [0.2, 0.25) is 0 Å². The first kappa shape index (κ1) is 12.4. The molecule has 5 heteroatoms. The van der Waals surface area contributed by atoms with E-state index in [1.54, 1.807) is 0 Å². The molecule has 1 aromatic heterocycles. The minimum Gasteiger partial charge on any atom is -0.382 e. The second-order valence-corrected chi connectivity index (χ2v) is 5.66. The smallest absolute Gasteiger partial charge is 0.147 e. The van der Waals surface area contributed by atoms with Gasteiger partial charge in [-0.1, -0.05) is 30.3 Å². The maximum atomic E-state index is 6.07. The van der Waals surface area contributed by atoms with Gasteiger partial charge in [-0.3, -0.25) is 0 Å². The van der Waals surface area contributed by atoms with Gasteiger partial charge in [0.1, 0.15) is 10.8 Å². The van der Waals surface area contributed by atoms with Gasteiger partial charge < -0.3 is 15.5 Å². The molecular weight excluding hydrogens is 256 g/mol. The quantitative estimate of drug-likeness (QED) is 0.911. The first-order valence-electron chi connectivity index (χ1n) is 6.50. The Morgan fingerprint density at radius 2 is 1.79 bits per heavy atom. The summed E-state index contributed by atoms with van der Waals surface area (Å²) < 4.78 is 4.35. The first-order valence-corrected chi connectivity index (χ1v) is 7.27. The van der Waals surface area contributed by atoms with E-state index in [2.05, 4.69) is 33.4 Å². The average Bonchev–Trinajstić information content (AvgIpc) is 2.82. The van der Waals surface area contributed by atoms with Gasteiger partial charge in [0.05, 0.1) is 5.56 Å². The summed E-state index contributed by atoms with van der Waals surface area (Å²) in [4.78, 5) is 4.75. The Morgan fingerprint density at radius 3 is 2.47 bits per heavy atom. The van der Waals surface area contributed by atoms with Gasteiger partial charge in [-0.25, -0.2) is 0 Å². The fraction of sp³-hybridized carbons (Fsp3) is 0.357. The van der Waals surface area contributed by atoms with Crippen LogP contribution in [-0.4, -0.2) is 42.5 Å². The van der Waals surface area contributed by atoms with Crippen LogP contribution in [0.4, 0.5) is 10.8 Å². The molecule has 0 spiro atoms. The molecule has 1 fully saturated rings. The summed E-state index contributed by atoms with van der Waals surface area (Å²) >= 11 is 1.51. The molecule has 2 aromatic rings. The van der Waals surface area contributed by atoms with E-state index in [1.165, 1.54) is 16.5 Å². The van der Waals surface area contributed by atoms with Crippen molar-refractivity contribution in [1.29, 1.82) is 0 Å². The lowest BCUT2D eigenvalue weighted by atomic mass is 10.1. The van der Waals surface area contributed by atoms with Crippen molar-refractivity contribution < 1.29 is 0 Å². The van der Waals surface area contributed by atoms with Gasteiger partial charge in [0.15, 0.2) is 0 Å². The molecular formula is C14H18N4S. The Morgan fingerprint density at radius 1 is 1.11 bits per heavy atom. The van der Waals surface area contributed by atoms with E-state index in [0.29, 0.717) is 5.82 Å². The molecule has 1 aliphatic heterocycles. The average molecular weight is 274 g/mol. The summed E-state index contributed by atoms with van der Waals surface area (Å²) in [5.74, 6) is 0.644. The first-order chi connectivity index (χ1) is 9.25. The molecule has 0 aliphatic carbocycles. The van der Waals surface area contributed by atoms with Crippen molar-refractivity contribution >= 4 is 22.4 Å². The van der Waals surface area contributed by atoms with Crippen LogP contribution >= 0.6 is 11.5 Å². The molecule has 0 amide bonds. The molecule has 0 radical (unpaired) electrons. The molecule has 0 atom stereocenters. The van der Waals surface area contributed by atoms with Crippen LogP contribution in [0.25, 0.3) is 11.1 Å². The van der Waals surface area contributed by atoms with Gasteiger partial charge in [0.2, 0.25) is 0 Å². The number of nitrogen functional groups attached to an aromatic ring is 1. The van der Waals surface area contributed by atoms with Crippen molar-refractivity contribution in [3.63, 3.8) is 0 Å². The molecule has 100 valence electrons. The van der Waals surface area contributed by atoms with Gasteiger partial charge in [-0.2, -0.15) is 4.37 Å². The largest absolute Gasteiger partial charge is 0.382 e. The lowest BCUT2D eigenvalue weighted by molar-refractivity contribution is 0.313. The van der Waals surface area contributed by atoms with E-state index in [4.69, 9.17) is 5.73 Å². The number of piperazine rings is 1. The third-order valence-electron chi connectivity index (χ3n) is 3.55. The molecule has 1 aromatic carbocycles. The van der Waals surface area contributed by atoms with Crippen LogP contribution in [-0.2, 0) is 0 Å². The Balaban J connectivity index is 1.95. The lowest BCUT2D eigenvalue weighted by Gasteiger charge is -2.33. The Bertz CT molecular complexity index is 544. The molecule has 1 aliphatic rings. The van der Waals surface area contributed by atoms with Crippen LogP contribution < -0.4 is 10.6 Å². The highest BCUT2D eigenvalue weighted by molar-refractivity contribution is 7.11. The maximum Gasteiger partial charge on any atom is 0.147 e. The second kappa shape index (κ2) is 5.19. The maximum absolute atomic E-state index is 6.07. The molecule has 2 N–H and O–H groups in total. The van der Waals surface area contributed by atoms with Crippen LogP contribution in [0.15, 0.2) is 30.3 Å². The number of anilines is 2. The number of likely N-dealkylation sites (N-methyl/N-ethyl adjacent to an activating group) is 1. The van der Waals surface area contributed by atoms with Gasteiger partial charge in [0, 0.05) is 26.2 Å². The molecule has 19 heavy (non-hydrogen) atoms. The molecule has 3 rings (SSSR count). The molecule has 0 saturated carbocycles. The molecule has 1 saturated heterocycles. The van der Waals surface area contributed by atoms with Crippen molar-refractivity contribution in [2.45, 2.75) is 0 Å². The fourth-order valence-corrected chi connectivity index (χ4v) is 3.28. The van der Waals surface area contributed by atoms with Crippen molar-refractivity contribution in [3.8, 4) is 11.1 Å². The topological polar surface area (TPSA) is 45.4 Å². The number of hydrogen-bond acceptors (Lipinski definition) is 5. The summed E-state index contributed by atoms with van der Waals surface area (Å²) in [5.41, 5.74) is 8.32. The molecule has 4 nitrogen and oxygen atoms in total. The zero-order valence-corrected chi connectivity index (χ0v) is 11.9. The highest BCUT2D eigenvalue weighted by Crippen LogP contribution is 2.39. The van der Waals surface area contributed by atoms with Crippen molar-refractivity contribution in [3.05, 3.63) is 30.3 Å². The van der Waals surface area contributed by atoms with Crippen LogP contribution in [0.5, 0.6) is 0 Å². The zero-order chi connectivity index (χ0) is 13.2. The second-order valence-electron chi connectivity index (χ2n) is 4.90. The summed E-state index contributed by atoms with van der Waals surface area (Å²) in [5, 5.41) is 1.21. The van der Waals surface area contributed by atoms with Crippen molar-refractivity contribution in [2.24, 2.45) is 0 Å². The molecule has 0 bridgehead atoms. The minimum absolute atomic E-state index is 0.644. The van der Waals surface area contributed by atoms with E-state index in [-0.39, 0.29) is 0 Å². The third kappa shape index (κ3) is 2.43. The number of hydrogen-bond donors (Lipinski definition) is 1. The van der Waals surface area contributed by atoms with Gasteiger partial charge in [0.25, 0.3) is 0 Å². The van der Waals surface area contributed by atoms with Crippen LogP contribution in [0, 0.1) is 0 Å². The summed E-state index contributed by atoms with van der Waals surface area (Å²) in [6.45, 7) is 4.26. The number of nitrogens with two attached hydrogens (primary N) is 1. The highest BCUT2D eigenvalue weighted by Gasteiger charge is 2.22. The number of benzene rings is 1. The Kier molecular flexibility index (Phi) is 3.40. The van der Waals surface area contributed by atoms with Crippen molar-refractivity contribution in [1.82, 2.24) is 9.27 Å². The SMILES string of the molecule is CN1CCN(c2snc(N)c2-c2ccccc2)CC1. The lowest BCUT2D eigenvalue weighted by Crippen LogP contribution is -2.44. The predicted octanol–water partition coefficient (Wildman–Crippen LogP) is 2.14. The van der Waals surface area contributed by atoms with E-state index < -0.39 is 0 Å². The van der Waals surface area contributed by atoms with Crippen LogP contribution in [0.1, 0.15) is 0 Å². The monoisotopic (exact) mass is 274 g/mol. The standard InChI is InChI=1S/C14H18N4S/c1-17-7-9-18(10-8-17)14-12(13(15)16-19-14)11-5-3-2-4-6-11/h2-6H,7-10H2,1H3,(H2,15,16). The molecule has 0 unspecified atom stereocenters. The zero-order valence-electron chi connectivity index (χ0n) is 11.0. The van der Waals surface area contributed by atoms with Crippen LogP contribution in [0.3, 0.4) is 0 Å².